The molecule has 6 heteroatoms. The van der Waals surface area contributed by atoms with E-state index in [9.17, 15) is 9.59 Å². The van der Waals surface area contributed by atoms with Crippen LogP contribution in [0.25, 0.3) is 0 Å². The Kier molecular flexibility index (Phi) is 9.60. The number of carbonyl (C=O) groups excluding carboxylic acids is 2. The highest BCUT2D eigenvalue weighted by Gasteiger charge is 2.10. The average molecular weight is 247 g/mol. The second kappa shape index (κ2) is 10.2. The molecule has 0 bridgehead atoms. The zero-order valence-corrected chi connectivity index (χ0v) is 10.7. The van der Waals surface area contributed by atoms with E-state index in [1.54, 1.807) is 0 Å². The molecule has 0 amide bonds. The summed E-state index contributed by atoms with van der Waals surface area (Å²) in [7, 11) is 5.34. The van der Waals surface area contributed by atoms with Crippen molar-refractivity contribution in [3.8, 4) is 0 Å². The Labute approximate surface area is 102 Å². The average Bonchev–Trinajstić information content (AvgIpc) is 2.24. The van der Waals surface area contributed by atoms with Gasteiger partial charge in [-0.2, -0.15) is 0 Å². The molecule has 0 heterocycles. The SMILES string of the molecule is COCCOC(=O)CC(=O)COCCN(C)C. The standard InChI is InChI=1S/C11H21NO5/c1-12(2)4-5-16-9-10(13)8-11(14)17-7-6-15-3/h4-9H2,1-3H3. The smallest absolute Gasteiger partial charge is 0.313 e. The molecule has 100 valence electrons. The van der Waals surface area contributed by atoms with Gasteiger partial charge in [0.2, 0.25) is 0 Å². The fourth-order valence-electron chi connectivity index (χ4n) is 0.935. The van der Waals surface area contributed by atoms with Gasteiger partial charge in [-0.3, -0.25) is 9.59 Å². The Morgan fingerprint density at radius 3 is 2.41 bits per heavy atom. The molecule has 0 saturated heterocycles. The van der Waals surface area contributed by atoms with Gasteiger partial charge in [-0.15, -0.1) is 0 Å². The highest BCUT2D eigenvalue weighted by molar-refractivity contribution is 5.96. The number of ketones is 1. The number of hydrogen-bond donors (Lipinski definition) is 0. The first-order valence-electron chi connectivity index (χ1n) is 5.45. The normalized spacial score (nSPS) is 10.6. The van der Waals surface area contributed by atoms with Gasteiger partial charge < -0.3 is 19.1 Å². The first-order valence-corrected chi connectivity index (χ1v) is 5.45. The van der Waals surface area contributed by atoms with Gasteiger partial charge in [0.15, 0.2) is 5.78 Å². The number of carbonyl (C=O) groups is 2. The molecule has 0 atom stereocenters. The van der Waals surface area contributed by atoms with Crippen LogP contribution < -0.4 is 0 Å². The third kappa shape index (κ3) is 11.3. The van der Waals surface area contributed by atoms with Crippen LogP contribution in [0, 0.1) is 0 Å². The molecule has 0 fully saturated rings. The van der Waals surface area contributed by atoms with Crippen molar-refractivity contribution in [2.45, 2.75) is 6.42 Å². The van der Waals surface area contributed by atoms with Gasteiger partial charge in [0, 0.05) is 13.7 Å². The summed E-state index contributed by atoms with van der Waals surface area (Å²) in [5.74, 6) is -0.811. The van der Waals surface area contributed by atoms with E-state index in [0.717, 1.165) is 6.54 Å². The van der Waals surface area contributed by atoms with E-state index < -0.39 is 5.97 Å². The van der Waals surface area contributed by atoms with E-state index in [2.05, 4.69) is 0 Å². The molecule has 0 aromatic rings. The number of methoxy groups -OCH3 is 1. The molecule has 0 N–H and O–H groups in total. The van der Waals surface area contributed by atoms with Crippen LogP contribution in [0.1, 0.15) is 6.42 Å². The van der Waals surface area contributed by atoms with Crippen LogP contribution in [-0.2, 0) is 23.8 Å². The van der Waals surface area contributed by atoms with Gasteiger partial charge in [-0.1, -0.05) is 0 Å². The van der Waals surface area contributed by atoms with Crippen LogP contribution in [0.2, 0.25) is 0 Å². The fourth-order valence-corrected chi connectivity index (χ4v) is 0.935. The van der Waals surface area contributed by atoms with Crippen LogP contribution in [0.4, 0.5) is 0 Å². The molecule has 0 aromatic carbocycles. The third-order valence-corrected chi connectivity index (χ3v) is 1.84. The first-order chi connectivity index (χ1) is 8.06. The summed E-state index contributed by atoms with van der Waals surface area (Å²) < 4.78 is 14.6. The van der Waals surface area contributed by atoms with Gasteiger partial charge >= 0.3 is 5.97 Å². The quantitative estimate of drug-likeness (QED) is 0.300. The number of nitrogens with zero attached hydrogens (tertiary/aromatic N) is 1. The molecule has 0 unspecified atom stereocenters. The lowest BCUT2D eigenvalue weighted by molar-refractivity contribution is -0.148. The molecule has 0 saturated carbocycles. The van der Waals surface area contributed by atoms with Crippen molar-refractivity contribution in [3.63, 3.8) is 0 Å². The third-order valence-electron chi connectivity index (χ3n) is 1.84. The molecule has 6 nitrogen and oxygen atoms in total. The molecule has 0 aliphatic heterocycles. The van der Waals surface area contributed by atoms with Crippen molar-refractivity contribution in [1.82, 2.24) is 4.90 Å². The summed E-state index contributed by atoms with van der Waals surface area (Å²) in [6.07, 6.45) is -0.244. The van der Waals surface area contributed by atoms with Crippen LogP contribution >= 0.6 is 0 Å². The summed E-state index contributed by atoms with van der Waals surface area (Å²) in [4.78, 5) is 24.3. The van der Waals surface area contributed by atoms with Crippen LogP contribution in [0.15, 0.2) is 0 Å². The molecule has 0 radical (unpaired) electrons. The number of hydrogen-bond acceptors (Lipinski definition) is 6. The van der Waals surface area contributed by atoms with Crippen molar-refractivity contribution in [3.05, 3.63) is 0 Å². The maximum atomic E-state index is 11.3. The van der Waals surface area contributed by atoms with Gasteiger partial charge in [-0.25, -0.2) is 0 Å². The number of ether oxygens (including phenoxy) is 3. The second-order valence-corrected chi connectivity index (χ2v) is 3.78. The highest BCUT2D eigenvalue weighted by Crippen LogP contribution is 1.91. The lowest BCUT2D eigenvalue weighted by Crippen LogP contribution is -2.22. The zero-order valence-electron chi connectivity index (χ0n) is 10.7. The lowest BCUT2D eigenvalue weighted by atomic mass is 10.3. The maximum Gasteiger partial charge on any atom is 0.313 e. The second-order valence-electron chi connectivity index (χ2n) is 3.78. The monoisotopic (exact) mass is 247 g/mol. The van der Waals surface area contributed by atoms with Gasteiger partial charge in [0.05, 0.1) is 13.2 Å². The Balaban J connectivity index is 3.47. The van der Waals surface area contributed by atoms with Gasteiger partial charge in [0.1, 0.15) is 19.6 Å². The fraction of sp³-hybridized carbons (Fsp3) is 0.818. The Hall–Kier alpha value is -0.980. The van der Waals surface area contributed by atoms with E-state index in [-0.39, 0.29) is 25.4 Å². The highest BCUT2D eigenvalue weighted by atomic mass is 16.6. The molecular weight excluding hydrogens is 226 g/mol. The number of likely N-dealkylation sites (N-methyl/N-ethyl adjacent to an activating group) is 1. The molecule has 0 aliphatic carbocycles. The molecule has 17 heavy (non-hydrogen) atoms. The number of rotatable bonds is 10. The topological polar surface area (TPSA) is 65.1 Å². The minimum absolute atomic E-state index is 0.0484. The van der Waals surface area contributed by atoms with Crippen molar-refractivity contribution < 1.29 is 23.8 Å². The molecule has 0 aliphatic rings. The number of Topliss-reactive ketones (excluding diaryl/α,β-unsaturated/α-hetero) is 1. The first kappa shape index (κ1) is 16.0. The van der Waals surface area contributed by atoms with Gasteiger partial charge in [0.25, 0.3) is 0 Å². The van der Waals surface area contributed by atoms with Crippen molar-refractivity contribution in [2.24, 2.45) is 0 Å². The molecule has 0 spiro atoms. The minimum Gasteiger partial charge on any atom is -0.463 e. The van der Waals surface area contributed by atoms with Gasteiger partial charge in [-0.05, 0) is 14.1 Å². The largest absolute Gasteiger partial charge is 0.463 e. The van der Waals surface area contributed by atoms with Crippen LogP contribution in [0.3, 0.4) is 0 Å². The molecular formula is C11H21NO5. The van der Waals surface area contributed by atoms with E-state index in [1.165, 1.54) is 7.11 Å². The van der Waals surface area contributed by atoms with Crippen LogP contribution in [-0.4, -0.2) is 70.8 Å². The Bertz CT molecular complexity index is 230. The Morgan fingerprint density at radius 1 is 1.12 bits per heavy atom. The van der Waals surface area contributed by atoms with Crippen molar-refractivity contribution >= 4 is 11.8 Å². The maximum absolute atomic E-state index is 11.3. The van der Waals surface area contributed by atoms with E-state index in [4.69, 9.17) is 14.2 Å². The molecule has 0 aromatic heterocycles. The number of esters is 1. The van der Waals surface area contributed by atoms with E-state index in [1.807, 2.05) is 19.0 Å². The lowest BCUT2D eigenvalue weighted by Gasteiger charge is -2.09. The van der Waals surface area contributed by atoms with Crippen molar-refractivity contribution in [1.29, 1.82) is 0 Å². The zero-order chi connectivity index (χ0) is 13.1. The summed E-state index contributed by atoms with van der Waals surface area (Å²) >= 11 is 0. The predicted octanol–water partition coefficient (Wildman–Crippen LogP) is -0.287. The summed E-state index contributed by atoms with van der Waals surface area (Å²) in [5.41, 5.74) is 0. The van der Waals surface area contributed by atoms with Crippen LogP contribution in [0.5, 0.6) is 0 Å². The van der Waals surface area contributed by atoms with E-state index >= 15 is 0 Å². The summed E-state index contributed by atoms with van der Waals surface area (Å²) in [6, 6.07) is 0. The summed E-state index contributed by atoms with van der Waals surface area (Å²) in [6.45, 7) is 1.67. The van der Waals surface area contributed by atoms with Crippen molar-refractivity contribution in [2.75, 3.05) is 54.2 Å². The van der Waals surface area contributed by atoms with E-state index in [0.29, 0.717) is 13.2 Å². The minimum atomic E-state index is -0.539. The molecule has 0 rings (SSSR count). The predicted molar refractivity (Wildman–Crippen MR) is 61.8 cm³/mol. The Morgan fingerprint density at radius 2 is 1.82 bits per heavy atom. The summed E-state index contributed by atoms with van der Waals surface area (Å²) in [5, 5.41) is 0.